The van der Waals surface area contributed by atoms with Gasteiger partial charge in [-0.3, -0.25) is 0 Å². The number of methoxy groups -OCH3 is 1. The molecule has 4 aromatic rings. The first-order chi connectivity index (χ1) is 15.5. The lowest BCUT2D eigenvalue weighted by atomic mass is 10.1. The smallest absolute Gasteiger partial charge is 0.368 e. The second kappa shape index (κ2) is 8.97. The Hall–Kier alpha value is -4.07. The molecule has 0 unspecified atom stereocenters. The molecule has 164 valence electrons. The molecule has 4 rings (SSSR count). The standard InChI is InChI=1S/C24H24N4O4/c1-16-7-5-10-22(28-24(29)27(3)25-26-28)21(16)15-31-23-12-11-20(13-17(23)2)32-19-9-6-8-18(14-19)30-4/h5-14H,15H2,1-4H3. The summed E-state index contributed by atoms with van der Waals surface area (Å²) >= 11 is 0. The maximum atomic E-state index is 12.3. The van der Waals surface area contributed by atoms with Crippen LogP contribution in [0.3, 0.4) is 0 Å². The molecule has 1 aromatic heterocycles. The molecule has 0 N–H and O–H groups in total. The minimum Gasteiger partial charge on any atom is -0.497 e. The fourth-order valence-electron chi connectivity index (χ4n) is 3.34. The number of hydrogen-bond donors (Lipinski definition) is 0. The molecule has 3 aromatic carbocycles. The van der Waals surface area contributed by atoms with Gasteiger partial charge in [-0.1, -0.05) is 18.2 Å². The van der Waals surface area contributed by atoms with Crippen molar-refractivity contribution in [2.24, 2.45) is 7.05 Å². The van der Waals surface area contributed by atoms with Gasteiger partial charge in [0.1, 0.15) is 29.6 Å². The number of aryl methyl sites for hydroxylation is 3. The fourth-order valence-corrected chi connectivity index (χ4v) is 3.34. The monoisotopic (exact) mass is 432 g/mol. The van der Waals surface area contributed by atoms with Crippen LogP contribution in [0.5, 0.6) is 23.0 Å². The molecule has 8 heteroatoms. The summed E-state index contributed by atoms with van der Waals surface area (Å²) in [7, 11) is 3.19. The van der Waals surface area contributed by atoms with Gasteiger partial charge in [0, 0.05) is 18.7 Å². The Morgan fingerprint density at radius 2 is 1.62 bits per heavy atom. The van der Waals surface area contributed by atoms with Crippen molar-refractivity contribution in [2.45, 2.75) is 20.5 Å². The molecule has 8 nitrogen and oxygen atoms in total. The molecule has 0 fully saturated rings. The van der Waals surface area contributed by atoms with E-state index in [1.54, 1.807) is 14.2 Å². The second-order valence-corrected chi connectivity index (χ2v) is 7.37. The highest BCUT2D eigenvalue weighted by Gasteiger charge is 2.14. The molecular formula is C24H24N4O4. The molecule has 1 heterocycles. The minimum absolute atomic E-state index is 0.280. The SMILES string of the molecule is COc1cccc(Oc2ccc(OCc3c(C)cccc3-n3nnn(C)c3=O)c(C)c2)c1. The van der Waals surface area contributed by atoms with E-state index >= 15 is 0 Å². The zero-order valence-corrected chi connectivity index (χ0v) is 18.4. The molecular weight excluding hydrogens is 408 g/mol. The van der Waals surface area contributed by atoms with Crippen LogP contribution in [-0.4, -0.2) is 26.9 Å². The second-order valence-electron chi connectivity index (χ2n) is 7.37. The number of benzene rings is 3. The zero-order valence-electron chi connectivity index (χ0n) is 18.4. The molecule has 0 amide bonds. The van der Waals surface area contributed by atoms with E-state index in [0.717, 1.165) is 28.2 Å². The van der Waals surface area contributed by atoms with Gasteiger partial charge in [-0.2, -0.15) is 9.36 Å². The topological polar surface area (TPSA) is 80.4 Å². The first-order valence-electron chi connectivity index (χ1n) is 10.1. The van der Waals surface area contributed by atoms with Crippen molar-refractivity contribution in [1.29, 1.82) is 0 Å². The van der Waals surface area contributed by atoms with E-state index < -0.39 is 0 Å². The number of rotatable bonds is 7. The van der Waals surface area contributed by atoms with E-state index in [9.17, 15) is 4.79 Å². The van der Waals surface area contributed by atoms with E-state index in [-0.39, 0.29) is 12.3 Å². The van der Waals surface area contributed by atoms with Gasteiger partial charge in [-0.15, -0.1) is 0 Å². The Balaban J connectivity index is 1.53. The molecule has 0 saturated carbocycles. The summed E-state index contributed by atoms with van der Waals surface area (Å²) in [5.74, 6) is 2.85. The highest BCUT2D eigenvalue weighted by Crippen LogP contribution is 2.30. The Morgan fingerprint density at radius 3 is 2.34 bits per heavy atom. The van der Waals surface area contributed by atoms with Gasteiger partial charge in [0.2, 0.25) is 0 Å². The largest absolute Gasteiger partial charge is 0.497 e. The molecule has 0 atom stereocenters. The van der Waals surface area contributed by atoms with Gasteiger partial charge in [-0.25, -0.2) is 4.79 Å². The molecule has 32 heavy (non-hydrogen) atoms. The highest BCUT2D eigenvalue weighted by molar-refractivity contribution is 5.46. The van der Waals surface area contributed by atoms with Crippen LogP contribution in [0, 0.1) is 13.8 Å². The average molecular weight is 432 g/mol. The van der Waals surface area contributed by atoms with E-state index in [2.05, 4.69) is 10.4 Å². The maximum absolute atomic E-state index is 12.3. The summed E-state index contributed by atoms with van der Waals surface area (Å²) in [6.45, 7) is 4.21. The van der Waals surface area contributed by atoms with Crippen LogP contribution in [0.2, 0.25) is 0 Å². The van der Waals surface area contributed by atoms with Crippen molar-refractivity contribution in [3.05, 3.63) is 87.8 Å². The molecule has 0 bridgehead atoms. The van der Waals surface area contributed by atoms with Crippen LogP contribution in [-0.2, 0) is 13.7 Å². The van der Waals surface area contributed by atoms with E-state index in [0.29, 0.717) is 17.2 Å². The van der Waals surface area contributed by atoms with Crippen molar-refractivity contribution in [2.75, 3.05) is 7.11 Å². The van der Waals surface area contributed by atoms with Crippen LogP contribution in [0.1, 0.15) is 16.7 Å². The summed E-state index contributed by atoms with van der Waals surface area (Å²) in [5.41, 5.74) is 3.13. The third-order valence-electron chi connectivity index (χ3n) is 5.13. The molecule has 0 radical (unpaired) electrons. The van der Waals surface area contributed by atoms with Gasteiger partial charge < -0.3 is 14.2 Å². The maximum Gasteiger partial charge on any atom is 0.368 e. The molecule has 0 aliphatic heterocycles. The molecule has 0 aliphatic carbocycles. The first kappa shape index (κ1) is 21.2. The number of tetrazole rings is 1. The summed E-state index contributed by atoms with van der Waals surface area (Å²) in [4.78, 5) is 12.3. The van der Waals surface area contributed by atoms with Gasteiger partial charge in [0.05, 0.1) is 12.8 Å². The van der Waals surface area contributed by atoms with E-state index in [4.69, 9.17) is 14.2 Å². The number of hydrogen-bond acceptors (Lipinski definition) is 6. The highest BCUT2D eigenvalue weighted by atomic mass is 16.5. The molecule has 0 spiro atoms. The summed E-state index contributed by atoms with van der Waals surface area (Å²) < 4.78 is 19.8. The third-order valence-corrected chi connectivity index (χ3v) is 5.13. The Labute approximate surface area is 185 Å². The van der Waals surface area contributed by atoms with Gasteiger partial charge >= 0.3 is 5.69 Å². The predicted molar refractivity (Wildman–Crippen MR) is 120 cm³/mol. The van der Waals surface area contributed by atoms with Crippen LogP contribution >= 0.6 is 0 Å². The predicted octanol–water partition coefficient (Wildman–Crippen LogP) is 3.96. The number of aromatic nitrogens is 4. The number of ether oxygens (including phenoxy) is 3. The molecule has 0 saturated heterocycles. The van der Waals surface area contributed by atoms with Crippen molar-refractivity contribution in [1.82, 2.24) is 19.8 Å². The lowest BCUT2D eigenvalue weighted by Crippen LogP contribution is -2.23. The summed E-state index contributed by atoms with van der Waals surface area (Å²) in [5, 5.41) is 7.76. The van der Waals surface area contributed by atoms with Gasteiger partial charge in [0.15, 0.2) is 0 Å². The summed E-state index contributed by atoms with van der Waals surface area (Å²) in [6, 6.07) is 18.8. The van der Waals surface area contributed by atoms with E-state index in [1.165, 1.54) is 9.36 Å². The first-order valence-corrected chi connectivity index (χ1v) is 10.1. The lowest BCUT2D eigenvalue weighted by molar-refractivity contribution is 0.302. The normalized spacial score (nSPS) is 10.8. The fraction of sp³-hybridized carbons (Fsp3) is 0.208. The van der Waals surface area contributed by atoms with Crippen molar-refractivity contribution in [3.8, 4) is 28.7 Å². The van der Waals surface area contributed by atoms with Crippen LogP contribution in [0.15, 0.2) is 65.5 Å². The van der Waals surface area contributed by atoms with Crippen LogP contribution in [0.4, 0.5) is 0 Å². The zero-order chi connectivity index (χ0) is 22.7. The lowest BCUT2D eigenvalue weighted by Gasteiger charge is -2.15. The van der Waals surface area contributed by atoms with E-state index in [1.807, 2.05) is 74.5 Å². The quantitative estimate of drug-likeness (QED) is 0.440. The Kier molecular flexibility index (Phi) is 5.93. The summed E-state index contributed by atoms with van der Waals surface area (Å²) in [6.07, 6.45) is 0. The average Bonchev–Trinajstić information content (AvgIpc) is 3.12. The molecule has 0 aliphatic rings. The van der Waals surface area contributed by atoms with Crippen LogP contribution < -0.4 is 19.9 Å². The minimum atomic E-state index is -0.313. The van der Waals surface area contributed by atoms with Crippen molar-refractivity contribution >= 4 is 0 Å². The van der Waals surface area contributed by atoms with Gasteiger partial charge in [-0.05, 0) is 71.8 Å². The number of nitrogens with zero attached hydrogens (tertiary/aromatic N) is 4. The van der Waals surface area contributed by atoms with Crippen LogP contribution in [0.25, 0.3) is 5.69 Å². The van der Waals surface area contributed by atoms with Crippen molar-refractivity contribution < 1.29 is 14.2 Å². The third kappa shape index (κ3) is 4.34. The van der Waals surface area contributed by atoms with Gasteiger partial charge in [0.25, 0.3) is 0 Å². The van der Waals surface area contributed by atoms with Crippen molar-refractivity contribution in [3.63, 3.8) is 0 Å². The Morgan fingerprint density at radius 1 is 0.875 bits per heavy atom. The Bertz CT molecular complexity index is 1310.